The highest BCUT2D eigenvalue weighted by Crippen LogP contribution is 2.66. The molecular formula is C17H5F18N3O4. The first kappa shape index (κ1) is 33.3. The van der Waals surface area contributed by atoms with Gasteiger partial charge in [-0.05, 0) is 12.1 Å². The van der Waals surface area contributed by atoms with Gasteiger partial charge < -0.3 is 10.6 Å². The van der Waals surface area contributed by atoms with Gasteiger partial charge in [0.15, 0.2) is 0 Å². The van der Waals surface area contributed by atoms with Gasteiger partial charge in [-0.1, -0.05) is 6.07 Å². The Balaban J connectivity index is 1.87. The third-order valence-electron chi connectivity index (χ3n) is 5.48. The normalized spacial score (nSPS) is 30.5. The van der Waals surface area contributed by atoms with Crippen LogP contribution in [0.2, 0.25) is 0 Å². The van der Waals surface area contributed by atoms with Crippen molar-refractivity contribution in [3.8, 4) is 0 Å². The number of ether oxygens (including phenoxy) is 2. The number of amides is 2. The lowest BCUT2D eigenvalue weighted by Crippen LogP contribution is -2.63. The number of halogens is 18. The van der Waals surface area contributed by atoms with E-state index in [0.29, 0.717) is 16.7 Å². The lowest BCUT2D eigenvalue weighted by atomic mass is 9.99. The number of pyridine rings is 1. The first-order valence-electron chi connectivity index (χ1n) is 9.82. The SMILES string of the molecule is O=C(Nc1cccc(NC(=O)C(F)(F)C2(F)OC(F)(F)C(F)(F)C2(F)F)n1)C(F)(F)C1(F)OC(F)(F)C(F)(F)C1(F)F. The largest absolute Gasteiger partial charge is 0.428 e. The number of aromatic nitrogens is 1. The fourth-order valence-electron chi connectivity index (χ4n) is 3.16. The molecule has 1 aromatic rings. The van der Waals surface area contributed by atoms with Gasteiger partial charge >= 0.3 is 71.3 Å². The van der Waals surface area contributed by atoms with E-state index in [0.717, 1.165) is 0 Å². The van der Waals surface area contributed by atoms with Crippen molar-refractivity contribution >= 4 is 23.5 Å². The van der Waals surface area contributed by atoms with Crippen LogP contribution in [0, 0.1) is 0 Å². The van der Waals surface area contributed by atoms with Crippen molar-refractivity contribution in [2.24, 2.45) is 0 Å². The Kier molecular flexibility index (Phi) is 6.85. The van der Waals surface area contributed by atoms with E-state index in [9.17, 15) is 88.6 Å². The highest BCUT2D eigenvalue weighted by molar-refractivity contribution is 5.98. The first-order valence-corrected chi connectivity index (χ1v) is 9.82. The van der Waals surface area contributed by atoms with Crippen molar-refractivity contribution in [2.45, 2.75) is 59.5 Å². The fraction of sp³-hybridized carbons (Fsp3) is 0.588. The predicted octanol–water partition coefficient (Wildman–Crippen LogP) is 5.35. The van der Waals surface area contributed by atoms with Crippen LogP contribution in [0.15, 0.2) is 18.2 Å². The summed E-state index contributed by atoms with van der Waals surface area (Å²) >= 11 is 0. The molecule has 2 fully saturated rings. The van der Waals surface area contributed by atoms with Crippen molar-refractivity contribution in [1.82, 2.24) is 4.98 Å². The summed E-state index contributed by atoms with van der Waals surface area (Å²) in [6.07, 6.45) is -13.2. The monoisotopic (exact) mass is 657 g/mol. The summed E-state index contributed by atoms with van der Waals surface area (Å²) in [7, 11) is 0. The van der Waals surface area contributed by atoms with E-state index < -0.39 is 82.9 Å². The van der Waals surface area contributed by atoms with Crippen molar-refractivity contribution in [1.29, 1.82) is 0 Å². The number of carbonyl (C=O) groups is 2. The van der Waals surface area contributed by atoms with Crippen LogP contribution in [0.5, 0.6) is 0 Å². The molecule has 2 atom stereocenters. The standard InChI is InChI=1S/C17H5F18N3O4/c18-8(19,14(30)10(22,23)12(26,27)16(32,33)41-14)6(39)37-4-2-1-3-5(36-4)38-7(40)9(20,21)15(31)11(24,25)13(28,29)17(34,35)42-15/h1-3H,(H2,36,37,38,39,40). The van der Waals surface area contributed by atoms with E-state index >= 15 is 0 Å². The van der Waals surface area contributed by atoms with Crippen LogP contribution < -0.4 is 10.6 Å². The van der Waals surface area contributed by atoms with Gasteiger partial charge in [0.2, 0.25) is 0 Å². The van der Waals surface area contributed by atoms with Gasteiger partial charge in [-0.15, -0.1) is 0 Å². The smallest absolute Gasteiger partial charge is 0.305 e. The van der Waals surface area contributed by atoms with Crippen LogP contribution in [0.25, 0.3) is 0 Å². The summed E-state index contributed by atoms with van der Waals surface area (Å²) in [4.78, 5) is 26.1. The molecule has 2 amide bonds. The maximum Gasteiger partial charge on any atom is 0.428 e. The second-order valence-electron chi connectivity index (χ2n) is 8.19. The minimum absolute atomic E-state index is 0.218. The molecule has 2 saturated heterocycles. The Bertz CT molecular complexity index is 1210. The second-order valence-corrected chi connectivity index (χ2v) is 8.19. The molecule has 2 unspecified atom stereocenters. The number of rotatable bonds is 6. The molecule has 1 aromatic heterocycles. The molecule has 0 aromatic carbocycles. The van der Waals surface area contributed by atoms with Crippen molar-refractivity contribution in [3.63, 3.8) is 0 Å². The molecule has 3 heterocycles. The summed E-state index contributed by atoms with van der Waals surface area (Å²) < 4.78 is 249. The number of hydrogen-bond donors (Lipinski definition) is 2. The zero-order valence-electron chi connectivity index (χ0n) is 18.6. The average Bonchev–Trinajstić information content (AvgIpc) is 2.98. The first-order chi connectivity index (χ1) is 18.4. The topological polar surface area (TPSA) is 89.6 Å². The van der Waals surface area contributed by atoms with E-state index in [1.165, 1.54) is 0 Å². The van der Waals surface area contributed by atoms with Gasteiger partial charge in [0.05, 0.1) is 0 Å². The third-order valence-corrected chi connectivity index (χ3v) is 5.48. The zero-order valence-corrected chi connectivity index (χ0v) is 18.6. The molecule has 25 heteroatoms. The highest BCUT2D eigenvalue weighted by atomic mass is 19.4. The Labute approximate surface area is 216 Å². The molecule has 0 spiro atoms. The fourth-order valence-corrected chi connectivity index (χ4v) is 3.16. The Hall–Kier alpha value is -3.25. The van der Waals surface area contributed by atoms with E-state index in [2.05, 4.69) is 14.5 Å². The molecule has 0 saturated carbocycles. The van der Waals surface area contributed by atoms with Gasteiger partial charge in [-0.3, -0.25) is 19.1 Å². The molecule has 2 aliphatic heterocycles. The predicted molar refractivity (Wildman–Crippen MR) is 90.9 cm³/mol. The van der Waals surface area contributed by atoms with Crippen molar-refractivity contribution in [3.05, 3.63) is 18.2 Å². The number of nitrogens with one attached hydrogen (secondary N) is 2. The number of anilines is 2. The summed E-state index contributed by atoms with van der Waals surface area (Å²) in [5, 5.41) is 1.25. The zero-order chi connectivity index (χ0) is 33.0. The van der Waals surface area contributed by atoms with E-state index in [1.54, 1.807) is 0 Å². The van der Waals surface area contributed by atoms with E-state index in [-0.39, 0.29) is 12.1 Å². The lowest BCUT2D eigenvalue weighted by molar-refractivity contribution is -0.366. The second kappa shape index (κ2) is 8.66. The molecule has 2 aliphatic rings. The molecular weight excluding hydrogens is 652 g/mol. The Morgan fingerprint density at radius 2 is 0.857 bits per heavy atom. The molecule has 7 nitrogen and oxygen atoms in total. The number of hydrogen-bond acceptors (Lipinski definition) is 5. The van der Waals surface area contributed by atoms with E-state index in [1.807, 2.05) is 0 Å². The van der Waals surface area contributed by atoms with Gasteiger partial charge in [0, 0.05) is 0 Å². The van der Waals surface area contributed by atoms with Gasteiger partial charge in [-0.2, -0.15) is 79.0 Å². The van der Waals surface area contributed by atoms with Crippen LogP contribution in [0.3, 0.4) is 0 Å². The average molecular weight is 657 g/mol. The molecule has 2 N–H and O–H groups in total. The van der Waals surface area contributed by atoms with Crippen LogP contribution in [-0.2, 0) is 19.1 Å². The summed E-state index contributed by atoms with van der Waals surface area (Å²) in [6, 6.07) is 0.766. The quantitative estimate of drug-likeness (QED) is 0.403. The minimum Gasteiger partial charge on any atom is -0.305 e. The van der Waals surface area contributed by atoms with Crippen LogP contribution in [0.1, 0.15) is 0 Å². The third kappa shape index (κ3) is 3.83. The van der Waals surface area contributed by atoms with Crippen LogP contribution in [0.4, 0.5) is 90.7 Å². The Morgan fingerprint density at radius 3 is 1.10 bits per heavy atom. The molecule has 42 heavy (non-hydrogen) atoms. The number of alkyl halides is 18. The highest BCUT2D eigenvalue weighted by Gasteiger charge is 2.97. The van der Waals surface area contributed by atoms with Gasteiger partial charge in [-0.25, -0.2) is 4.98 Å². The Morgan fingerprint density at radius 1 is 0.571 bits per heavy atom. The summed E-state index contributed by atoms with van der Waals surface area (Å²) in [5.74, 6) is -65.3. The van der Waals surface area contributed by atoms with Crippen molar-refractivity contribution < 1.29 is 98.1 Å². The number of nitrogens with zero attached hydrogens (tertiary/aromatic N) is 1. The number of carbonyl (C=O) groups excluding carboxylic acids is 2. The molecule has 0 bridgehead atoms. The van der Waals surface area contributed by atoms with Gasteiger partial charge in [0.1, 0.15) is 11.6 Å². The van der Waals surface area contributed by atoms with Crippen LogP contribution in [-0.4, -0.2) is 76.3 Å². The molecule has 3 rings (SSSR count). The molecule has 0 radical (unpaired) electrons. The molecule has 0 aliphatic carbocycles. The lowest BCUT2D eigenvalue weighted by Gasteiger charge is -2.31. The van der Waals surface area contributed by atoms with Crippen molar-refractivity contribution in [2.75, 3.05) is 10.6 Å². The summed E-state index contributed by atoms with van der Waals surface area (Å²) in [5.41, 5.74) is 0. The summed E-state index contributed by atoms with van der Waals surface area (Å²) in [6.45, 7) is 0. The minimum atomic E-state index is -7.11. The maximum absolute atomic E-state index is 14.2. The maximum atomic E-state index is 14.2. The van der Waals surface area contributed by atoms with E-state index in [4.69, 9.17) is 0 Å². The van der Waals surface area contributed by atoms with Crippen LogP contribution >= 0.6 is 0 Å². The van der Waals surface area contributed by atoms with Gasteiger partial charge in [0.25, 0.3) is 0 Å². The molecule has 238 valence electrons.